The number of ether oxygens (including phenoxy) is 1. The highest BCUT2D eigenvalue weighted by molar-refractivity contribution is 5.79. The number of hydrogen-bond acceptors (Lipinski definition) is 3. The summed E-state index contributed by atoms with van der Waals surface area (Å²) >= 11 is 0. The Bertz CT molecular complexity index is 760. The summed E-state index contributed by atoms with van der Waals surface area (Å²) < 4.78 is 5.72. The monoisotopic (exact) mass is 358 g/mol. The molecule has 1 aromatic carbocycles. The van der Waals surface area contributed by atoms with Crippen molar-refractivity contribution < 1.29 is 4.74 Å². The van der Waals surface area contributed by atoms with Crippen LogP contribution in [0.15, 0.2) is 85.5 Å². The number of nitrogens with zero attached hydrogens (tertiary/aromatic N) is 2. The number of unbranched alkanes of at least 4 members (excludes halogenated alkanes) is 3. The molecule has 3 heteroatoms. The van der Waals surface area contributed by atoms with Crippen molar-refractivity contribution >= 4 is 5.57 Å². The molecule has 0 aliphatic carbocycles. The summed E-state index contributed by atoms with van der Waals surface area (Å²) in [6, 6.07) is 18.6. The quantitative estimate of drug-likeness (QED) is 0.437. The molecule has 0 fully saturated rings. The van der Waals surface area contributed by atoms with Gasteiger partial charge in [-0.3, -0.25) is 9.97 Å². The van der Waals surface area contributed by atoms with Gasteiger partial charge >= 0.3 is 0 Å². The molecular weight excluding hydrogens is 332 g/mol. The van der Waals surface area contributed by atoms with Gasteiger partial charge in [0.25, 0.3) is 0 Å². The highest BCUT2D eigenvalue weighted by Crippen LogP contribution is 2.23. The van der Waals surface area contributed by atoms with Crippen molar-refractivity contribution in [2.75, 3.05) is 6.61 Å². The molecule has 3 rings (SSSR count). The standard InChI is InChI=1S/C24H26N2O/c1(2-7-17-27-20-21-10-8-15-25-18-21)6-14-24(22-11-4-3-5-12-22)23-13-9-16-26-19-23/h3-5,8-16,18-19H,1-2,6-7,17,20H2. The third kappa shape index (κ3) is 6.46. The van der Waals surface area contributed by atoms with Gasteiger partial charge in [-0.25, -0.2) is 0 Å². The average Bonchev–Trinajstić information content (AvgIpc) is 2.75. The van der Waals surface area contributed by atoms with E-state index < -0.39 is 0 Å². The molecule has 0 aliphatic rings. The molecule has 138 valence electrons. The zero-order valence-corrected chi connectivity index (χ0v) is 15.6. The van der Waals surface area contributed by atoms with Crippen molar-refractivity contribution in [2.24, 2.45) is 0 Å². The molecule has 0 saturated carbocycles. The second-order valence-electron chi connectivity index (χ2n) is 6.49. The molecule has 0 spiro atoms. The van der Waals surface area contributed by atoms with E-state index in [1.165, 1.54) is 23.1 Å². The van der Waals surface area contributed by atoms with Crippen LogP contribution < -0.4 is 0 Å². The van der Waals surface area contributed by atoms with Crippen LogP contribution in [0.4, 0.5) is 0 Å². The Kier molecular flexibility index (Phi) is 7.77. The first-order chi connectivity index (χ1) is 13.4. The highest BCUT2D eigenvalue weighted by Gasteiger charge is 2.04. The fourth-order valence-corrected chi connectivity index (χ4v) is 2.99. The van der Waals surface area contributed by atoms with Crippen LogP contribution in [0.25, 0.3) is 5.57 Å². The first kappa shape index (κ1) is 19.0. The van der Waals surface area contributed by atoms with Crippen molar-refractivity contribution in [3.8, 4) is 0 Å². The predicted octanol–water partition coefficient (Wildman–Crippen LogP) is 5.69. The van der Waals surface area contributed by atoms with Gasteiger partial charge in [-0.15, -0.1) is 0 Å². The van der Waals surface area contributed by atoms with E-state index in [2.05, 4.69) is 52.4 Å². The molecule has 27 heavy (non-hydrogen) atoms. The van der Waals surface area contributed by atoms with Gasteiger partial charge in [-0.05, 0) is 48.1 Å². The topological polar surface area (TPSA) is 35.0 Å². The first-order valence-electron chi connectivity index (χ1n) is 9.56. The second kappa shape index (κ2) is 11.0. The Labute approximate surface area is 161 Å². The summed E-state index contributed by atoms with van der Waals surface area (Å²) in [4.78, 5) is 8.37. The van der Waals surface area contributed by atoms with E-state index in [4.69, 9.17) is 4.74 Å². The minimum absolute atomic E-state index is 0.646. The molecule has 0 saturated heterocycles. The third-order valence-corrected chi connectivity index (χ3v) is 4.39. The molecule has 0 bridgehead atoms. The van der Waals surface area contributed by atoms with Crippen molar-refractivity contribution in [3.05, 3.63) is 102 Å². The van der Waals surface area contributed by atoms with E-state index >= 15 is 0 Å². The number of hydrogen-bond donors (Lipinski definition) is 0. The molecule has 0 radical (unpaired) electrons. The van der Waals surface area contributed by atoms with Crippen molar-refractivity contribution in [3.63, 3.8) is 0 Å². The lowest BCUT2D eigenvalue weighted by atomic mass is 9.97. The van der Waals surface area contributed by atoms with Crippen LogP contribution in [-0.4, -0.2) is 16.6 Å². The van der Waals surface area contributed by atoms with Crippen LogP contribution >= 0.6 is 0 Å². The number of aromatic nitrogens is 2. The molecular formula is C24H26N2O. The van der Waals surface area contributed by atoms with Gasteiger partial charge in [0.2, 0.25) is 0 Å². The number of benzene rings is 1. The normalized spacial score (nSPS) is 11.5. The fourth-order valence-electron chi connectivity index (χ4n) is 2.99. The molecule has 0 aliphatic heterocycles. The van der Waals surface area contributed by atoms with E-state index in [0.717, 1.165) is 31.4 Å². The zero-order chi connectivity index (χ0) is 18.6. The van der Waals surface area contributed by atoms with E-state index in [9.17, 15) is 0 Å². The van der Waals surface area contributed by atoms with E-state index in [0.29, 0.717) is 6.61 Å². The SMILES string of the molecule is C(CCCCCOCc1cccnc1)=C(c1ccccc1)c1cccnc1. The van der Waals surface area contributed by atoms with Gasteiger partial charge < -0.3 is 4.74 Å². The maximum absolute atomic E-state index is 5.72. The molecule has 0 atom stereocenters. The Morgan fingerprint density at radius 2 is 1.56 bits per heavy atom. The van der Waals surface area contributed by atoms with Gasteiger partial charge in [0, 0.05) is 37.0 Å². The largest absolute Gasteiger partial charge is 0.377 e. The predicted molar refractivity (Wildman–Crippen MR) is 110 cm³/mol. The van der Waals surface area contributed by atoms with Crippen molar-refractivity contribution in [1.29, 1.82) is 0 Å². The Morgan fingerprint density at radius 3 is 2.30 bits per heavy atom. The fraction of sp³-hybridized carbons (Fsp3) is 0.250. The van der Waals surface area contributed by atoms with Gasteiger partial charge in [0.05, 0.1) is 6.61 Å². The molecule has 2 aromatic heterocycles. The van der Waals surface area contributed by atoms with Crippen LogP contribution in [0.3, 0.4) is 0 Å². The van der Waals surface area contributed by atoms with Crippen molar-refractivity contribution in [1.82, 2.24) is 9.97 Å². The van der Waals surface area contributed by atoms with Crippen LogP contribution in [0, 0.1) is 0 Å². The Balaban J connectivity index is 1.44. The summed E-state index contributed by atoms with van der Waals surface area (Å²) in [5, 5.41) is 0. The second-order valence-corrected chi connectivity index (χ2v) is 6.49. The lowest BCUT2D eigenvalue weighted by Crippen LogP contribution is -1.96. The molecule has 0 amide bonds. The lowest BCUT2D eigenvalue weighted by molar-refractivity contribution is 0.116. The summed E-state index contributed by atoms with van der Waals surface area (Å²) in [6.07, 6.45) is 14.2. The maximum Gasteiger partial charge on any atom is 0.0731 e. The van der Waals surface area contributed by atoms with Gasteiger partial charge in [-0.1, -0.05) is 55.0 Å². The van der Waals surface area contributed by atoms with Gasteiger partial charge in [0.1, 0.15) is 0 Å². The summed E-state index contributed by atoms with van der Waals surface area (Å²) in [6.45, 7) is 1.44. The summed E-state index contributed by atoms with van der Waals surface area (Å²) in [5.74, 6) is 0. The van der Waals surface area contributed by atoms with Crippen LogP contribution in [0.5, 0.6) is 0 Å². The number of allylic oxidation sites excluding steroid dienone is 1. The minimum Gasteiger partial charge on any atom is -0.377 e. The Morgan fingerprint density at radius 1 is 0.778 bits per heavy atom. The van der Waals surface area contributed by atoms with Crippen LogP contribution in [0.2, 0.25) is 0 Å². The molecule has 0 N–H and O–H groups in total. The van der Waals surface area contributed by atoms with Crippen LogP contribution in [0.1, 0.15) is 42.4 Å². The van der Waals surface area contributed by atoms with Gasteiger partial charge in [0.15, 0.2) is 0 Å². The lowest BCUT2D eigenvalue weighted by Gasteiger charge is -2.08. The molecule has 0 unspecified atom stereocenters. The highest BCUT2D eigenvalue weighted by atomic mass is 16.5. The number of pyridine rings is 2. The van der Waals surface area contributed by atoms with E-state index in [1.807, 2.05) is 36.8 Å². The van der Waals surface area contributed by atoms with Crippen LogP contribution in [-0.2, 0) is 11.3 Å². The van der Waals surface area contributed by atoms with E-state index in [-0.39, 0.29) is 0 Å². The first-order valence-corrected chi connectivity index (χ1v) is 9.56. The molecule has 2 heterocycles. The zero-order valence-electron chi connectivity index (χ0n) is 15.6. The van der Waals surface area contributed by atoms with E-state index in [1.54, 1.807) is 6.20 Å². The van der Waals surface area contributed by atoms with Gasteiger partial charge in [-0.2, -0.15) is 0 Å². The average molecular weight is 358 g/mol. The molecule has 3 nitrogen and oxygen atoms in total. The summed E-state index contributed by atoms with van der Waals surface area (Å²) in [7, 11) is 0. The Hall–Kier alpha value is -2.78. The van der Waals surface area contributed by atoms with Crippen molar-refractivity contribution in [2.45, 2.75) is 32.3 Å². The molecule has 3 aromatic rings. The minimum atomic E-state index is 0.646. The number of rotatable bonds is 10. The third-order valence-electron chi connectivity index (χ3n) is 4.39. The summed E-state index contributed by atoms with van der Waals surface area (Å²) in [5.41, 5.74) is 4.80. The smallest absolute Gasteiger partial charge is 0.0731 e. The maximum atomic E-state index is 5.72.